The number of hydrogen-bond donors (Lipinski definition) is 2. The first kappa shape index (κ1) is 21.0. The van der Waals surface area contributed by atoms with Gasteiger partial charge in [-0.3, -0.25) is 4.79 Å². The first-order valence-corrected chi connectivity index (χ1v) is 8.45. The van der Waals surface area contributed by atoms with Gasteiger partial charge >= 0.3 is 12.1 Å². The third-order valence-electron chi connectivity index (χ3n) is 3.43. The maximum Gasteiger partial charge on any atom is 0.407 e. The number of benzene rings is 1. The minimum absolute atomic E-state index is 0.0817. The van der Waals surface area contributed by atoms with Crippen molar-refractivity contribution in [3.05, 3.63) is 35.9 Å². The van der Waals surface area contributed by atoms with Gasteiger partial charge in [-0.15, -0.1) is 0 Å². The highest BCUT2D eigenvalue weighted by atomic mass is 16.6. The fraction of sp³-hybridized carbons (Fsp3) is 0.579. The minimum Gasteiger partial charge on any atom is -0.460 e. The Morgan fingerprint density at radius 1 is 1.16 bits per heavy atom. The van der Waals surface area contributed by atoms with Gasteiger partial charge in [0.15, 0.2) is 0 Å². The zero-order valence-electron chi connectivity index (χ0n) is 15.6. The number of nitrogens with one attached hydrogen (secondary N) is 1. The van der Waals surface area contributed by atoms with Gasteiger partial charge in [0.25, 0.3) is 0 Å². The van der Waals surface area contributed by atoms with Crippen molar-refractivity contribution in [1.29, 1.82) is 0 Å². The molecule has 0 bridgehead atoms. The average Bonchev–Trinajstić information content (AvgIpc) is 2.49. The van der Waals surface area contributed by atoms with E-state index in [9.17, 15) is 14.7 Å². The lowest BCUT2D eigenvalue weighted by Crippen LogP contribution is -2.48. The van der Waals surface area contributed by atoms with E-state index in [4.69, 9.17) is 9.47 Å². The van der Waals surface area contributed by atoms with Crippen LogP contribution < -0.4 is 5.32 Å². The summed E-state index contributed by atoms with van der Waals surface area (Å²) in [6.07, 6.45) is -1.89. The lowest BCUT2D eigenvalue weighted by molar-refractivity contribution is -0.157. The van der Waals surface area contributed by atoms with E-state index in [-0.39, 0.29) is 18.9 Å². The molecular weight excluding hydrogens is 322 g/mol. The van der Waals surface area contributed by atoms with E-state index in [2.05, 4.69) is 5.32 Å². The second-order valence-corrected chi connectivity index (χ2v) is 7.33. The number of amides is 1. The molecule has 6 heteroatoms. The van der Waals surface area contributed by atoms with Gasteiger partial charge in [0.1, 0.15) is 12.2 Å². The van der Waals surface area contributed by atoms with Crippen molar-refractivity contribution in [3.8, 4) is 0 Å². The summed E-state index contributed by atoms with van der Waals surface area (Å²) in [4.78, 5) is 23.9. The van der Waals surface area contributed by atoms with Crippen molar-refractivity contribution in [2.24, 2.45) is 5.92 Å². The molecule has 0 saturated heterocycles. The molecule has 1 aromatic rings. The molecule has 0 heterocycles. The number of carbonyl (C=O) groups excluding carboxylic acids is 2. The Balaban J connectivity index is 2.54. The lowest BCUT2D eigenvalue weighted by Gasteiger charge is -2.28. The zero-order valence-corrected chi connectivity index (χ0v) is 15.6. The van der Waals surface area contributed by atoms with Crippen molar-refractivity contribution in [2.45, 2.75) is 65.4 Å². The van der Waals surface area contributed by atoms with Crippen LogP contribution in [0.15, 0.2) is 30.3 Å². The van der Waals surface area contributed by atoms with Crippen molar-refractivity contribution in [3.63, 3.8) is 0 Å². The number of hydrogen-bond acceptors (Lipinski definition) is 5. The summed E-state index contributed by atoms with van der Waals surface area (Å²) in [7, 11) is 0. The van der Waals surface area contributed by atoms with Gasteiger partial charge < -0.3 is 19.9 Å². The maximum atomic E-state index is 12.0. The highest BCUT2D eigenvalue weighted by molar-refractivity contribution is 5.71. The van der Waals surface area contributed by atoms with Gasteiger partial charge in [0, 0.05) is 0 Å². The van der Waals surface area contributed by atoms with Gasteiger partial charge in [-0.25, -0.2) is 4.79 Å². The molecule has 1 amide bonds. The SMILES string of the molecule is CC(C)C(NC(=O)OCc1ccccc1)C(O)CC(=O)OC(C)(C)C. The van der Waals surface area contributed by atoms with E-state index >= 15 is 0 Å². The molecule has 0 aliphatic heterocycles. The average molecular weight is 351 g/mol. The predicted octanol–water partition coefficient (Wildman–Crippen LogP) is 3.03. The third-order valence-corrected chi connectivity index (χ3v) is 3.43. The Morgan fingerprint density at radius 2 is 1.76 bits per heavy atom. The smallest absolute Gasteiger partial charge is 0.407 e. The molecule has 2 unspecified atom stereocenters. The molecule has 6 nitrogen and oxygen atoms in total. The number of alkyl carbamates (subject to hydrolysis) is 1. The fourth-order valence-corrected chi connectivity index (χ4v) is 2.29. The van der Waals surface area contributed by atoms with E-state index in [0.717, 1.165) is 5.56 Å². The topological polar surface area (TPSA) is 84.9 Å². The van der Waals surface area contributed by atoms with E-state index in [1.165, 1.54) is 0 Å². The monoisotopic (exact) mass is 351 g/mol. The van der Waals surface area contributed by atoms with Gasteiger partial charge in [-0.2, -0.15) is 0 Å². The first-order chi connectivity index (χ1) is 11.6. The summed E-state index contributed by atoms with van der Waals surface area (Å²) >= 11 is 0. The van der Waals surface area contributed by atoms with Crippen LogP contribution >= 0.6 is 0 Å². The number of aliphatic hydroxyl groups is 1. The molecule has 0 radical (unpaired) electrons. The fourth-order valence-electron chi connectivity index (χ4n) is 2.29. The molecule has 140 valence electrons. The number of esters is 1. The van der Waals surface area contributed by atoms with Crippen LogP contribution in [0.2, 0.25) is 0 Å². The zero-order chi connectivity index (χ0) is 19.0. The van der Waals surface area contributed by atoms with Crippen LogP contribution in [0.1, 0.15) is 46.6 Å². The molecule has 2 atom stereocenters. The molecule has 0 aromatic heterocycles. The van der Waals surface area contributed by atoms with Gasteiger partial charge in [-0.05, 0) is 32.3 Å². The van der Waals surface area contributed by atoms with Crippen LogP contribution in [0.5, 0.6) is 0 Å². The number of ether oxygens (including phenoxy) is 2. The van der Waals surface area contributed by atoms with Crippen molar-refractivity contribution >= 4 is 12.1 Å². The Kier molecular flexibility index (Phi) is 7.90. The Morgan fingerprint density at radius 3 is 2.28 bits per heavy atom. The van der Waals surface area contributed by atoms with Gasteiger partial charge in [0.2, 0.25) is 0 Å². The summed E-state index contributed by atoms with van der Waals surface area (Å²) in [5.74, 6) is -0.591. The van der Waals surface area contributed by atoms with Crippen molar-refractivity contribution in [2.75, 3.05) is 0 Å². The first-order valence-electron chi connectivity index (χ1n) is 8.45. The normalized spacial score (nSPS) is 13.9. The number of rotatable bonds is 7. The van der Waals surface area contributed by atoms with E-state index in [1.807, 2.05) is 44.2 Å². The van der Waals surface area contributed by atoms with Crippen LogP contribution in [0, 0.1) is 5.92 Å². The van der Waals surface area contributed by atoms with E-state index in [0.29, 0.717) is 0 Å². The molecule has 0 spiro atoms. The van der Waals surface area contributed by atoms with Crippen LogP contribution in [-0.2, 0) is 20.9 Å². The summed E-state index contributed by atoms with van der Waals surface area (Å²) in [5.41, 5.74) is 0.250. The van der Waals surface area contributed by atoms with E-state index in [1.54, 1.807) is 20.8 Å². The summed E-state index contributed by atoms with van der Waals surface area (Å²) in [6, 6.07) is 8.69. The Labute approximate surface area is 149 Å². The molecule has 25 heavy (non-hydrogen) atoms. The second kappa shape index (κ2) is 9.42. The highest BCUT2D eigenvalue weighted by Gasteiger charge is 2.29. The van der Waals surface area contributed by atoms with Gasteiger partial charge in [-0.1, -0.05) is 44.2 Å². The molecule has 0 aliphatic rings. The maximum absolute atomic E-state index is 12.0. The predicted molar refractivity (Wildman–Crippen MR) is 94.9 cm³/mol. The van der Waals surface area contributed by atoms with Crippen LogP contribution in [0.3, 0.4) is 0 Å². The number of carbonyl (C=O) groups is 2. The second-order valence-electron chi connectivity index (χ2n) is 7.33. The lowest BCUT2D eigenvalue weighted by atomic mass is 9.96. The molecule has 2 N–H and O–H groups in total. The molecule has 0 aliphatic carbocycles. The third kappa shape index (κ3) is 8.54. The van der Waals surface area contributed by atoms with Crippen LogP contribution in [0.25, 0.3) is 0 Å². The molecule has 0 fully saturated rings. The number of aliphatic hydroxyl groups excluding tert-OH is 1. The van der Waals surface area contributed by atoms with Crippen molar-refractivity contribution < 1.29 is 24.2 Å². The largest absolute Gasteiger partial charge is 0.460 e. The Hall–Kier alpha value is -2.08. The standard InChI is InChI=1S/C19H29NO5/c1-13(2)17(15(21)11-16(22)25-19(3,4)5)20-18(23)24-12-14-9-7-6-8-10-14/h6-10,13,15,17,21H,11-12H2,1-5H3,(H,20,23). The molecular formula is C19H29NO5. The molecule has 0 saturated carbocycles. The quantitative estimate of drug-likeness (QED) is 0.738. The van der Waals surface area contributed by atoms with Crippen LogP contribution in [-0.4, -0.2) is 34.9 Å². The van der Waals surface area contributed by atoms with Crippen LogP contribution in [0.4, 0.5) is 4.79 Å². The highest BCUT2D eigenvalue weighted by Crippen LogP contribution is 2.14. The van der Waals surface area contributed by atoms with Gasteiger partial charge in [0.05, 0.1) is 18.6 Å². The summed E-state index contributed by atoms with van der Waals surface area (Å²) in [5, 5.41) is 12.9. The van der Waals surface area contributed by atoms with Crippen molar-refractivity contribution in [1.82, 2.24) is 5.32 Å². The molecule has 1 rings (SSSR count). The summed E-state index contributed by atoms with van der Waals surface area (Å²) < 4.78 is 10.4. The summed E-state index contributed by atoms with van der Waals surface area (Å²) in [6.45, 7) is 9.11. The Bertz CT molecular complexity index is 551. The molecule has 1 aromatic carbocycles. The van der Waals surface area contributed by atoms with E-state index < -0.39 is 29.8 Å². The minimum atomic E-state index is -1.06.